The van der Waals surface area contributed by atoms with E-state index < -0.39 is 0 Å². The summed E-state index contributed by atoms with van der Waals surface area (Å²) in [7, 11) is 0. The van der Waals surface area contributed by atoms with Gasteiger partial charge in [-0.25, -0.2) is 9.97 Å². The van der Waals surface area contributed by atoms with Gasteiger partial charge in [0.1, 0.15) is 29.5 Å². The minimum absolute atomic E-state index is 0.0385. The largest absolute Gasteiger partial charge is 0.489 e. The maximum Gasteiger partial charge on any atom is 0.225 e. The van der Waals surface area contributed by atoms with Crippen LogP contribution in [-0.4, -0.2) is 28.5 Å². The summed E-state index contributed by atoms with van der Waals surface area (Å²) in [6.45, 7) is 0.871. The van der Waals surface area contributed by atoms with Gasteiger partial charge in [0.2, 0.25) is 11.2 Å². The molecule has 1 fully saturated rings. The van der Waals surface area contributed by atoms with Crippen molar-refractivity contribution >= 4 is 34.2 Å². The lowest BCUT2D eigenvalue weighted by Crippen LogP contribution is -2.51. The molecule has 2 N–H and O–H groups in total. The number of hydrogen-bond donors (Lipinski definition) is 2. The van der Waals surface area contributed by atoms with Crippen molar-refractivity contribution in [3.05, 3.63) is 47.6 Å². The SMILES string of the molecule is O=C1CC(COc2cccc3c(NCc4ccco4)nc(Cl)nc23)N1. The van der Waals surface area contributed by atoms with Gasteiger partial charge in [0.05, 0.1) is 25.3 Å². The van der Waals surface area contributed by atoms with Crippen molar-refractivity contribution in [1.29, 1.82) is 0 Å². The Morgan fingerprint density at radius 2 is 2.20 bits per heavy atom. The molecule has 3 aromatic rings. The fourth-order valence-electron chi connectivity index (χ4n) is 2.65. The highest BCUT2D eigenvalue weighted by atomic mass is 35.5. The van der Waals surface area contributed by atoms with E-state index in [-0.39, 0.29) is 17.2 Å². The second-order valence-corrected chi connectivity index (χ2v) is 6.04. The molecule has 2 aromatic heterocycles. The summed E-state index contributed by atoms with van der Waals surface area (Å²) in [5.41, 5.74) is 0.620. The number of ether oxygens (including phenoxy) is 1. The lowest BCUT2D eigenvalue weighted by Gasteiger charge is -2.26. The Morgan fingerprint density at radius 1 is 1.32 bits per heavy atom. The number of para-hydroxylation sites is 1. The summed E-state index contributed by atoms with van der Waals surface area (Å²) in [6.07, 6.45) is 2.10. The van der Waals surface area contributed by atoms with E-state index >= 15 is 0 Å². The highest BCUT2D eigenvalue weighted by molar-refractivity contribution is 6.29. The van der Waals surface area contributed by atoms with Gasteiger partial charge >= 0.3 is 0 Å². The molecule has 25 heavy (non-hydrogen) atoms. The number of nitrogens with one attached hydrogen (secondary N) is 2. The van der Waals surface area contributed by atoms with E-state index in [1.165, 1.54) is 0 Å². The van der Waals surface area contributed by atoms with Crippen LogP contribution in [0.2, 0.25) is 5.28 Å². The smallest absolute Gasteiger partial charge is 0.225 e. The Hall–Kier alpha value is -2.80. The Morgan fingerprint density at radius 3 is 2.96 bits per heavy atom. The number of hydrogen-bond acceptors (Lipinski definition) is 6. The highest BCUT2D eigenvalue weighted by Crippen LogP contribution is 2.30. The molecule has 3 heterocycles. The number of carbonyl (C=O) groups is 1. The number of anilines is 1. The number of rotatable bonds is 6. The molecular weight excluding hydrogens is 344 g/mol. The summed E-state index contributed by atoms with van der Waals surface area (Å²) in [4.78, 5) is 19.5. The van der Waals surface area contributed by atoms with E-state index in [4.69, 9.17) is 20.8 Å². The minimum Gasteiger partial charge on any atom is -0.489 e. The Bertz CT molecular complexity index is 906. The lowest BCUT2D eigenvalue weighted by atomic mass is 10.1. The molecule has 1 aliphatic rings. The number of halogens is 1. The zero-order valence-corrected chi connectivity index (χ0v) is 13.9. The molecule has 8 heteroatoms. The van der Waals surface area contributed by atoms with Crippen LogP contribution < -0.4 is 15.4 Å². The summed E-state index contributed by atoms with van der Waals surface area (Å²) in [6, 6.07) is 9.33. The molecule has 1 aliphatic heterocycles. The summed E-state index contributed by atoms with van der Waals surface area (Å²) in [5.74, 6) is 2.04. The van der Waals surface area contributed by atoms with Crippen LogP contribution in [0.5, 0.6) is 5.75 Å². The predicted octanol–water partition coefficient (Wildman–Crippen LogP) is 2.76. The molecule has 1 atom stereocenters. The standard InChI is InChI=1S/C17H15ClN4O3/c18-17-21-15-12(16(22-17)19-8-11-3-2-6-24-11)4-1-5-13(15)25-9-10-7-14(23)20-10/h1-6,10H,7-9H2,(H,20,23)(H,19,21,22). The van der Waals surface area contributed by atoms with Crippen molar-refractivity contribution in [2.45, 2.75) is 19.0 Å². The molecule has 1 saturated heterocycles. The number of nitrogens with zero attached hydrogens (tertiary/aromatic N) is 2. The lowest BCUT2D eigenvalue weighted by molar-refractivity contribution is -0.128. The van der Waals surface area contributed by atoms with Gasteiger partial charge in [-0.05, 0) is 35.9 Å². The molecular formula is C17H15ClN4O3. The quantitative estimate of drug-likeness (QED) is 0.520. The van der Waals surface area contributed by atoms with Crippen molar-refractivity contribution in [2.75, 3.05) is 11.9 Å². The van der Waals surface area contributed by atoms with Gasteiger partial charge in [-0.3, -0.25) is 4.79 Å². The van der Waals surface area contributed by atoms with Crippen LogP contribution >= 0.6 is 11.6 Å². The van der Waals surface area contributed by atoms with Crippen molar-refractivity contribution in [1.82, 2.24) is 15.3 Å². The van der Waals surface area contributed by atoms with E-state index in [1.54, 1.807) is 6.26 Å². The Kier molecular flexibility index (Phi) is 4.15. The van der Waals surface area contributed by atoms with Crippen LogP contribution in [0.1, 0.15) is 12.2 Å². The second-order valence-electron chi connectivity index (χ2n) is 5.71. The van der Waals surface area contributed by atoms with Gasteiger partial charge in [0.15, 0.2) is 0 Å². The fraction of sp³-hybridized carbons (Fsp3) is 0.235. The topological polar surface area (TPSA) is 89.3 Å². The first kappa shape index (κ1) is 15.7. The third-order valence-corrected chi connectivity index (χ3v) is 4.08. The van der Waals surface area contributed by atoms with Gasteiger partial charge in [-0.15, -0.1) is 0 Å². The molecule has 0 radical (unpaired) electrons. The third-order valence-electron chi connectivity index (χ3n) is 3.91. The summed E-state index contributed by atoms with van der Waals surface area (Å²) >= 11 is 6.08. The molecule has 128 valence electrons. The molecule has 0 aliphatic carbocycles. The number of β-lactam (4-membered cyclic amide) rings is 1. The van der Waals surface area contributed by atoms with E-state index in [2.05, 4.69) is 20.6 Å². The number of amides is 1. The highest BCUT2D eigenvalue weighted by Gasteiger charge is 2.26. The molecule has 1 unspecified atom stereocenters. The molecule has 0 spiro atoms. The third kappa shape index (κ3) is 3.36. The second kappa shape index (κ2) is 6.60. The fourth-order valence-corrected chi connectivity index (χ4v) is 2.82. The van der Waals surface area contributed by atoms with Crippen molar-refractivity contribution in [2.24, 2.45) is 0 Å². The number of aromatic nitrogens is 2. The van der Waals surface area contributed by atoms with Crippen LogP contribution in [0.25, 0.3) is 10.9 Å². The maximum atomic E-state index is 11.0. The van der Waals surface area contributed by atoms with Crippen LogP contribution in [0.15, 0.2) is 41.0 Å². The molecule has 0 bridgehead atoms. The number of carbonyl (C=O) groups excluding carboxylic acids is 1. The van der Waals surface area contributed by atoms with Crippen LogP contribution in [0.3, 0.4) is 0 Å². The Labute approximate surface area is 148 Å². The minimum atomic E-state index is 0.0385. The van der Waals surface area contributed by atoms with Gasteiger partial charge in [0.25, 0.3) is 0 Å². The average Bonchev–Trinajstić information content (AvgIpc) is 3.09. The van der Waals surface area contributed by atoms with Gasteiger partial charge in [-0.1, -0.05) is 6.07 Å². The number of benzene rings is 1. The molecule has 1 aromatic carbocycles. The summed E-state index contributed by atoms with van der Waals surface area (Å²) in [5, 5.41) is 6.91. The molecule has 1 amide bonds. The maximum absolute atomic E-state index is 11.0. The van der Waals surface area contributed by atoms with E-state index in [1.807, 2.05) is 30.3 Å². The monoisotopic (exact) mass is 358 g/mol. The van der Waals surface area contributed by atoms with Gasteiger partial charge in [-0.2, -0.15) is 0 Å². The van der Waals surface area contributed by atoms with Crippen molar-refractivity contribution < 1.29 is 13.9 Å². The first-order valence-electron chi connectivity index (χ1n) is 7.84. The summed E-state index contributed by atoms with van der Waals surface area (Å²) < 4.78 is 11.1. The van der Waals surface area contributed by atoms with E-state index in [0.29, 0.717) is 36.7 Å². The Balaban J connectivity index is 1.58. The van der Waals surface area contributed by atoms with Crippen molar-refractivity contribution in [3.63, 3.8) is 0 Å². The zero-order valence-electron chi connectivity index (χ0n) is 13.2. The first-order valence-corrected chi connectivity index (χ1v) is 8.21. The molecule has 4 rings (SSSR count). The van der Waals surface area contributed by atoms with E-state index in [9.17, 15) is 4.79 Å². The van der Waals surface area contributed by atoms with E-state index in [0.717, 1.165) is 11.1 Å². The van der Waals surface area contributed by atoms with Crippen molar-refractivity contribution in [3.8, 4) is 5.75 Å². The van der Waals surface area contributed by atoms with Crippen LogP contribution in [-0.2, 0) is 11.3 Å². The predicted molar refractivity (Wildman–Crippen MR) is 92.6 cm³/mol. The van der Waals surface area contributed by atoms with Gasteiger partial charge < -0.3 is 19.8 Å². The van der Waals surface area contributed by atoms with Crippen LogP contribution in [0.4, 0.5) is 5.82 Å². The first-order chi connectivity index (χ1) is 12.2. The molecule has 7 nitrogen and oxygen atoms in total. The van der Waals surface area contributed by atoms with Crippen LogP contribution in [0, 0.1) is 0 Å². The van der Waals surface area contributed by atoms with Gasteiger partial charge in [0, 0.05) is 5.39 Å². The number of fused-ring (bicyclic) bond motifs is 1. The number of furan rings is 1. The average molecular weight is 359 g/mol. The molecule has 0 saturated carbocycles. The zero-order chi connectivity index (χ0) is 17.2. The normalized spacial score (nSPS) is 16.4.